The smallest absolute Gasteiger partial charge is 0.423 e. The van der Waals surface area contributed by atoms with E-state index in [2.05, 4.69) is 9.44 Å². The van der Waals surface area contributed by atoms with Crippen LogP contribution in [0.3, 0.4) is 0 Å². The molecule has 0 radical (unpaired) electrons. The first-order valence-corrected chi connectivity index (χ1v) is 11.3. The third kappa shape index (κ3) is 4.95. The summed E-state index contributed by atoms with van der Waals surface area (Å²) in [6.45, 7) is 0. The van der Waals surface area contributed by atoms with Crippen LogP contribution >= 0.6 is 0 Å². The normalized spacial score (nSPS) is 11.7. The number of hydrogen-bond acceptors (Lipinski definition) is 6. The molecular formula is C18H17BN2O6S2. The lowest BCUT2D eigenvalue weighted by Crippen LogP contribution is -2.33. The average molecular weight is 432 g/mol. The van der Waals surface area contributed by atoms with Crippen LogP contribution in [0.15, 0.2) is 88.7 Å². The zero-order valence-corrected chi connectivity index (χ0v) is 16.6. The van der Waals surface area contributed by atoms with Gasteiger partial charge in [0.2, 0.25) is 0 Å². The second-order valence-electron chi connectivity index (χ2n) is 6.01. The van der Waals surface area contributed by atoms with Crippen molar-refractivity contribution in [2.45, 2.75) is 9.79 Å². The highest BCUT2D eigenvalue weighted by atomic mass is 32.2. The Labute approximate surface area is 169 Å². The van der Waals surface area contributed by atoms with Crippen LogP contribution in [0.25, 0.3) is 0 Å². The highest BCUT2D eigenvalue weighted by molar-refractivity contribution is 7.93. The van der Waals surface area contributed by atoms with E-state index in [1.165, 1.54) is 42.5 Å². The van der Waals surface area contributed by atoms with Gasteiger partial charge in [-0.15, -0.1) is 0 Å². The Morgan fingerprint density at radius 3 is 1.62 bits per heavy atom. The Morgan fingerprint density at radius 1 is 0.655 bits per heavy atom. The average Bonchev–Trinajstić information content (AvgIpc) is 2.69. The molecule has 0 aliphatic carbocycles. The Balaban J connectivity index is 1.97. The summed E-state index contributed by atoms with van der Waals surface area (Å²) < 4.78 is 54.8. The third-order valence-corrected chi connectivity index (χ3v) is 6.71. The van der Waals surface area contributed by atoms with E-state index in [0.717, 1.165) is 0 Å². The lowest BCUT2D eigenvalue weighted by Gasteiger charge is -2.15. The Morgan fingerprint density at radius 2 is 1.14 bits per heavy atom. The van der Waals surface area contributed by atoms with E-state index in [1.807, 2.05) is 0 Å². The summed E-state index contributed by atoms with van der Waals surface area (Å²) in [5.74, 6) is 0. The molecule has 0 saturated carbocycles. The first-order chi connectivity index (χ1) is 13.7. The summed E-state index contributed by atoms with van der Waals surface area (Å²) in [7, 11) is -9.91. The molecule has 0 atom stereocenters. The maximum absolute atomic E-state index is 12.6. The first kappa shape index (κ1) is 20.9. The van der Waals surface area contributed by atoms with Crippen molar-refractivity contribution in [2.75, 3.05) is 9.44 Å². The first-order valence-electron chi connectivity index (χ1n) is 8.35. The van der Waals surface area contributed by atoms with Gasteiger partial charge in [-0.05, 0) is 36.4 Å². The van der Waals surface area contributed by atoms with Crippen LogP contribution in [0.5, 0.6) is 0 Å². The van der Waals surface area contributed by atoms with Crippen molar-refractivity contribution in [2.24, 2.45) is 0 Å². The monoisotopic (exact) mass is 432 g/mol. The summed E-state index contributed by atoms with van der Waals surface area (Å²) in [6.07, 6.45) is 0. The number of sulfonamides is 2. The molecular weight excluding hydrogens is 415 g/mol. The van der Waals surface area contributed by atoms with Crippen molar-refractivity contribution < 1.29 is 26.9 Å². The van der Waals surface area contributed by atoms with Crippen molar-refractivity contribution in [3.05, 3.63) is 78.9 Å². The summed E-state index contributed by atoms with van der Waals surface area (Å²) in [6, 6.07) is 18.8. The minimum Gasteiger partial charge on any atom is -0.423 e. The van der Waals surface area contributed by atoms with Gasteiger partial charge in [0, 0.05) is 5.46 Å². The van der Waals surface area contributed by atoms with Crippen molar-refractivity contribution in [1.82, 2.24) is 0 Å². The van der Waals surface area contributed by atoms with Crippen LogP contribution in [-0.2, 0) is 20.0 Å². The number of rotatable bonds is 7. The van der Waals surface area contributed by atoms with Gasteiger partial charge in [0.25, 0.3) is 20.0 Å². The summed E-state index contributed by atoms with van der Waals surface area (Å²) in [4.78, 5) is -0.00802. The van der Waals surface area contributed by atoms with Crippen LogP contribution in [0.2, 0.25) is 0 Å². The molecule has 8 nitrogen and oxygen atoms in total. The van der Waals surface area contributed by atoms with Gasteiger partial charge in [-0.25, -0.2) is 16.8 Å². The van der Waals surface area contributed by atoms with Crippen LogP contribution < -0.4 is 14.9 Å². The molecule has 0 aliphatic rings. The van der Waals surface area contributed by atoms with E-state index in [9.17, 15) is 26.9 Å². The highest BCUT2D eigenvalue weighted by Gasteiger charge is 2.22. The summed E-state index contributed by atoms with van der Waals surface area (Å²) in [5.41, 5.74) is -0.256. The van der Waals surface area contributed by atoms with Crippen molar-refractivity contribution >= 4 is 44.0 Å². The van der Waals surface area contributed by atoms with Gasteiger partial charge in [-0.3, -0.25) is 9.44 Å². The number of anilines is 2. The van der Waals surface area contributed by atoms with Gasteiger partial charge in [-0.2, -0.15) is 0 Å². The molecule has 0 aliphatic heterocycles. The molecule has 0 amide bonds. The highest BCUT2D eigenvalue weighted by Crippen LogP contribution is 2.21. The lowest BCUT2D eigenvalue weighted by atomic mass is 9.79. The fourth-order valence-electron chi connectivity index (χ4n) is 2.55. The number of benzene rings is 3. The molecule has 0 spiro atoms. The van der Waals surface area contributed by atoms with Crippen molar-refractivity contribution in [3.63, 3.8) is 0 Å². The predicted octanol–water partition coefficient (Wildman–Crippen LogP) is 0.968. The lowest BCUT2D eigenvalue weighted by molar-refractivity contribution is 0.426. The summed E-state index contributed by atoms with van der Waals surface area (Å²) >= 11 is 0. The van der Waals surface area contributed by atoms with Crippen molar-refractivity contribution in [1.29, 1.82) is 0 Å². The predicted molar refractivity (Wildman–Crippen MR) is 111 cm³/mol. The molecule has 3 aromatic rings. The number of hydrogen-bond donors (Lipinski definition) is 4. The van der Waals surface area contributed by atoms with Gasteiger partial charge in [0.05, 0.1) is 21.2 Å². The van der Waals surface area contributed by atoms with Gasteiger partial charge in [0.1, 0.15) is 0 Å². The molecule has 4 N–H and O–H groups in total. The van der Waals surface area contributed by atoms with Gasteiger partial charge in [0.15, 0.2) is 0 Å². The van der Waals surface area contributed by atoms with Crippen molar-refractivity contribution in [3.8, 4) is 0 Å². The molecule has 0 bridgehead atoms. The van der Waals surface area contributed by atoms with E-state index < -0.39 is 27.2 Å². The second kappa shape index (κ2) is 8.25. The van der Waals surface area contributed by atoms with Crippen LogP contribution in [0.1, 0.15) is 0 Å². The maximum Gasteiger partial charge on any atom is 0.490 e. The minimum atomic E-state index is -4.03. The molecule has 29 heavy (non-hydrogen) atoms. The minimum absolute atomic E-state index is 0.0256. The zero-order valence-electron chi connectivity index (χ0n) is 14.9. The Bertz CT molecular complexity index is 1200. The standard InChI is InChI=1S/C18H17BN2O6S2/c22-19(23)17-12-11-14(20-28(24,25)15-7-3-1-4-8-15)13-18(17)21-29(26,27)16-9-5-2-6-10-16/h1-13,20-23H. The third-order valence-electron chi connectivity index (χ3n) is 3.94. The van der Waals surface area contributed by atoms with E-state index in [0.29, 0.717) is 0 Å². The quantitative estimate of drug-likeness (QED) is 0.412. The molecule has 3 aromatic carbocycles. The largest absolute Gasteiger partial charge is 0.490 e. The SMILES string of the molecule is O=S(=O)(Nc1ccc(B(O)O)c(NS(=O)(=O)c2ccccc2)c1)c1ccccc1. The summed E-state index contributed by atoms with van der Waals surface area (Å²) in [5, 5.41) is 19.1. The fraction of sp³-hybridized carbons (Fsp3) is 0. The van der Waals surface area contributed by atoms with E-state index in [-0.39, 0.29) is 26.6 Å². The van der Waals surface area contributed by atoms with Gasteiger partial charge in [-0.1, -0.05) is 42.5 Å². The molecule has 150 valence electrons. The van der Waals surface area contributed by atoms with E-state index in [4.69, 9.17) is 0 Å². The molecule has 11 heteroatoms. The van der Waals surface area contributed by atoms with E-state index >= 15 is 0 Å². The molecule has 0 fully saturated rings. The molecule has 0 heterocycles. The van der Waals surface area contributed by atoms with Gasteiger partial charge >= 0.3 is 7.12 Å². The molecule has 0 unspecified atom stereocenters. The zero-order chi connectivity index (χ0) is 21.1. The maximum atomic E-state index is 12.6. The number of nitrogens with one attached hydrogen (secondary N) is 2. The topological polar surface area (TPSA) is 133 Å². The van der Waals surface area contributed by atoms with E-state index in [1.54, 1.807) is 36.4 Å². The Kier molecular flexibility index (Phi) is 5.94. The second-order valence-corrected chi connectivity index (χ2v) is 9.38. The molecule has 0 saturated heterocycles. The van der Waals surface area contributed by atoms with Crippen LogP contribution in [0.4, 0.5) is 11.4 Å². The van der Waals surface area contributed by atoms with Gasteiger partial charge < -0.3 is 10.0 Å². The Hall–Kier alpha value is -2.86. The van der Waals surface area contributed by atoms with Crippen LogP contribution in [-0.4, -0.2) is 34.0 Å². The molecule has 3 rings (SSSR count). The molecule has 0 aromatic heterocycles. The van der Waals surface area contributed by atoms with Crippen LogP contribution in [0, 0.1) is 0 Å². The fourth-order valence-corrected chi connectivity index (χ4v) is 4.72.